The molecule has 1 atom stereocenters. The highest BCUT2D eigenvalue weighted by Gasteiger charge is 2.29. The summed E-state index contributed by atoms with van der Waals surface area (Å²) in [7, 11) is 2.02. The Hall–Kier alpha value is -4.06. The van der Waals surface area contributed by atoms with Crippen LogP contribution in [0.15, 0.2) is 66.7 Å². The number of hydrogen-bond acceptors (Lipinski definition) is 3. The van der Waals surface area contributed by atoms with Crippen molar-refractivity contribution in [2.45, 2.75) is 71.9 Å². The van der Waals surface area contributed by atoms with Gasteiger partial charge in [0.2, 0.25) is 0 Å². The van der Waals surface area contributed by atoms with Gasteiger partial charge in [-0.05, 0) is 86.1 Å². The molecule has 0 radical (unpaired) electrons. The highest BCUT2D eigenvalue weighted by molar-refractivity contribution is 5.99. The van der Waals surface area contributed by atoms with E-state index in [-0.39, 0.29) is 17.4 Å². The van der Waals surface area contributed by atoms with Crippen LogP contribution in [0.2, 0.25) is 0 Å². The molecule has 40 heavy (non-hydrogen) atoms. The average Bonchev–Trinajstić information content (AvgIpc) is 3.13. The Morgan fingerprint density at radius 3 is 2.15 bits per heavy atom. The van der Waals surface area contributed by atoms with Crippen LogP contribution in [0.5, 0.6) is 5.75 Å². The molecule has 0 aliphatic carbocycles. The van der Waals surface area contributed by atoms with E-state index >= 15 is 0 Å². The zero-order valence-electron chi connectivity index (χ0n) is 24.8. The highest BCUT2D eigenvalue weighted by atomic mass is 16.5. The van der Waals surface area contributed by atoms with Gasteiger partial charge in [0.05, 0.1) is 6.04 Å². The van der Waals surface area contributed by atoms with Crippen LogP contribution < -0.4 is 10.1 Å². The lowest BCUT2D eigenvalue weighted by molar-refractivity contribution is -0.152. The summed E-state index contributed by atoms with van der Waals surface area (Å²) in [5.74, 6) is -0.601. The van der Waals surface area contributed by atoms with E-state index in [1.54, 1.807) is 12.1 Å². The standard InChI is InChI=1S/C34H40N2O4/c1-21(24-11-14-26(15-12-24)33(3,4)5)35-31(37)25-13-18-28-29(22(2)36(8)30(28)20-25)19-23-9-16-27(17-10-23)40-34(6,7)32(38)39/h9-18,20-21H,19H2,1-8H3,(H,35,37)(H,38,39)/t21-/m0/s1. The fourth-order valence-electron chi connectivity index (χ4n) is 4.86. The molecule has 0 unspecified atom stereocenters. The van der Waals surface area contributed by atoms with Gasteiger partial charge in [0.15, 0.2) is 5.60 Å². The molecule has 4 aromatic rings. The maximum Gasteiger partial charge on any atom is 0.347 e. The summed E-state index contributed by atoms with van der Waals surface area (Å²) < 4.78 is 7.76. The third-order valence-corrected chi connectivity index (χ3v) is 7.70. The first-order chi connectivity index (χ1) is 18.7. The third kappa shape index (κ3) is 6.06. The van der Waals surface area contributed by atoms with Crippen molar-refractivity contribution in [3.05, 3.63) is 100 Å². The van der Waals surface area contributed by atoms with Crippen molar-refractivity contribution in [2.75, 3.05) is 0 Å². The van der Waals surface area contributed by atoms with Crippen molar-refractivity contribution in [1.82, 2.24) is 9.88 Å². The predicted molar refractivity (Wildman–Crippen MR) is 160 cm³/mol. The number of ether oxygens (including phenoxy) is 1. The number of aromatic nitrogens is 1. The van der Waals surface area contributed by atoms with Gasteiger partial charge in [-0.3, -0.25) is 4.79 Å². The van der Waals surface area contributed by atoms with Gasteiger partial charge in [-0.25, -0.2) is 4.79 Å². The Morgan fingerprint density at radius 1 is 0.950 bits per heavy atom. The largest absolute Gasteiger partial charge is 0.478 e. The van der Waals surface area contributed by atoms with E-state index in [0.717, 1.165) is 27.7 Å². The first-order valence-electron chi connectivity index (χ1n) is 13.7. The fraction of sp³-hybridized carbons (Fsp3) is 0.353. The molecule has 4 rings (SSSR count). The van der Waals surface area contributed by atoms with Crippen molar-refractivity contribution < 1.29 is 19.4 Å². The number of fused-ring (bicyclic) bond motifs is 1. The van der Waals surface area contributed by atoms with Crippen LogP contribution in [0.25, 0.3) is 10.9 Å². The number of rotatable bonds is 8. The topological polar surface area (TPSA) is 80.6 Å². The van der Waals surface area contributed by atoms with Crippen LogP contribution in [0.1, 0.15) is 85.9 Å². The van der Waals surface area contributed by atoms with Crippen molar-refractivity contribution in [3.8, 4) is 5.75 Å². The van der Waals surface area contributed by atoms with E-state index in [1.807, 2.05) is 44.3 Å². The first kappa shape index (κ1) is 28.9. The second kappa shape index (κ2) is 10.8. The Balaban J connectivity index is 1.51. The van der Waals surface area contributed by atoms with Gasteiger partial charge in [-0.2, -0.15) is 0 Å². The van der Waals surface area contributed by atoms with Crippen molar-refractivity contribution in [1.29, 1.82) is 0 Å². The second-order valence-corrected chi connectivity index (χ2v) is 12.2. The Kier molecular flexibility index (Phi) is 7.84. The molecule has 6 nitrogen and oxygen atoms in total. The van der Waals surface area contributed by atoms with Gasteiger partial charge < -0.3 is 19.7 Å². The molecule has 1 aromatic heterocycles. The SMILES string of the molecule is Cc1c(Cc2ccc(OC(C)(C)C(=O)O)cc2)c2ccc(C(=O)N[C@@H](C)c3ccc(C(C)(C)C)cc3)cc2n1C. The number of benzene rings is 3. The van der Waals surface area contributed by atoms with E-state index in [9.17, 15) is 14.7 Å². The number of carbonyl (C=O) groups excluding carboxylic acids is 1. The summed E-state index contributed by atoms with van der Waals surface area (Å²) in [4.78, 5) is 24.6. The second-order valence-electron chi connectivity index (χ2n) is 12.2. The van der Waals surface area contributed by atoms with Crippen LogP contribution >= 0.6 is 0 Å². The monoisotopic (exact) mass is 540 g/mol. The zero-order valence-corrected chi connectivity index (χ0v) is 24.8. The van der Waals surface area contributed by atoms with Crippen LogP contribution in [0.4, 0.5) is 0 Å². The molecule has 2 N–H and O–H groups in total. The quantitative estimate of drug-likeness (QED) is 0.250. The molecule has 0 spiro atoms. The van der Waals surface area contributed by atoms with E-state index < -0.39 is 11.6 Å². The van der Waals surface area contributed by atoms with Gasteiger partial charge in [0.25, 0.3) is 5.91 Å². The molecule has 0 aliphatic heterocycles. The molecule has 6 heteroatoms. The van der Waals surface area contributed by atoms with Crippen LogP contribution in [0, 0.1) is 6.92 Å². The van der Waals surface area contributed by atoms with E-state index in [1.165, 1.54) is 25.0 Å². The molecule has 0 fully saturated rings. The third-order valence-electron chi connectivity index (χ3n) is 7.70. The van der Waals surface area contributed by atoms with Gasteiger partial charge in [0.1, 0.15) is 5.75 Å². The number of nitrogens with one attached hydrogen (secondary N) is 1. The zero-order chi connectivity index (χ0) is 29.4. The molecular formula is C34H40N2O4. The number of nitrogens with zero attached hydrogens (tertiary/aromatic N) is 1. The molecule has 1 heterocycles. The lowest BCUT2D eigenvalue weighted by Crippen LogP contribution is -2.37. The summed E-state index contributed by atoms with van der Waals surface area (Å²) in [5.41, 5.74) is 6.16. The van der Waals surface area contributed by atoms with Gasteiger partial charge in [-0.15, -0.1) is 0 Å². The lowest BCUT2D eigenvalue weighted by Gasteiger charge is -2.21. The van der Waals surface area contributed by atoms with Crippen LogP contribution in [-0.4, -0.2) is 27.2 Å². The minimum Gasteiger partial charge on any atom is -0.478 e. The van der Waals surface area contributed by atoms with E-state index in [4.69, 9.17) is 4.74 Å². The summed E-state index contributed by atoms with van der Waals surface area (Å²) in [6.07, 6.45) is 0.707. The minimum absolute atomic E-state index is 0.0868. The Bertz CT molecular complexity index is 1540. The summed E-state index contributed by atoms with van der Waals surface area (Å²) in [6.45, 7) is 13.7. The first-order valence-corrected chi connectivity index (χ1v) is 13.7. The lowest BCUT2D eigenvalue weighted by atomic mass is 9.86. The van der Waals surface area contributed by atoms with E-state index in [0.29, 0.717) is 17.7 Å². The number of carboxylic acid groups (broad SMARTS) is 1. The number of aryl methyl sites for hydroxylation is 1. The minimum atomic E-state index is -1.30. The van der Waals surface area contributed by atoms with Gasteiger partial charge in [0, 0.05) is 29.2 Å². The average molecular weight is 541 g/mol. The predicted octanol–water partition coefficient (Wildman–Crippen LogP) is 7.11. The molecule has 1 amide bonds. The number of hydrogen-bond donors (Lipinski definition) is 2. The summed E-state index contributed by atoms with van der Waals surface area (Å²) in [6, 6.07) is 21.7. The van der Waals surface area contributed by atoms with Crippen LogP contribution in [0.3, 0.4) is 0 Å². The summed E-state index contributed by atoms with van der Waals surface area (Å²) in [5, 5.41) is 13.6. The smallest absolute Gasteiger partial charge is 0.347 e. The molecule has 210 valence electrons. The normalized spacial score (nSPS) is 12.8. The number of carbonyl (C=O) groups is 2. The number of aliphatic carboxylic acids is 1. The summed E-state index contributed by atoms with van der Waals surface area (Å²) >= 11 is 0. The van der Waals surface area contributed by atoms with Crippen molar-refractivity contribution >= 4 is 22.8 Å². The number of amides is 1. The van der Waals surface area contributed by atoms with Crippen LogP contribution in [-0.2, 0) is 23.7 Å². The van der Waals surface area contributed by atoms with Gasteiger partial charge in [-0.1, -0.05) is 63.2 Å². The van der Waals surface area contributed by atoms with Crippen molar-refractivity contribution in [2.24, 2.45) is 7.05 Å². The van der Waals surface area contributed by atoms with Crippen molar-refractivity contribution in [3.63, 3.8) is 0 Å². The molecule has 0 saturated carbocycles. The molecule has 3 aromatic carbocycles. The maximum atomic E-state index is 13.2. The number of carboxylic acids is 1. The molecule has 0 aliphatic rings. The maximum absolute atomic E-state index is 13.2. The van der Waals surface area contributed by atoms with E-state index in [2.05, 4.69) is 61.8 Å². The Labute approximate surface area is 237 Å². The molecular weight excluding hydrogens is 500 g/mol. The molecule has 0 bridgehead atoms. The van der Waals surface area contributed by atoms with Gasteiger partial charge >= 0.3 is 5.97 Å². The molecule has 0 saturated heterocycles. The highest BCUT2D eigenvalue weighted by Crippen LogP contribution is 2.30. The Morgan fingerprint density at radius 2 is 1.57 bits per heavy atom. The fourth-order valence-corrected chi connectivity index (χ4v) is 4.86.